The van der Waals surface area contributed by atoms with Crippen molar-refractivity contribution in [1.82, 2.24) is 0 Å². The SMILES string of the molecule is CCCCCCCCCCCCS(=O)(=O)O.Cl.[NaH]. The summed E-state index contributed by atoms with van der Waals surface area (Å²) in [7, 11) is -3.73. The summed E-state index contributed by atoms with van der Waals surface area (Å²) >= 11 is 0. The van der Waals surface area contributed by atoms with Gasteiger partial charge in [-0.2, -0.15) is 8.42 Å². The molecule has 18 heavy (non-hydrogen) atoms. The summed E-state index contributed by atoms with van der Waals surface area (Å²) in [5, 5.41) is 0. The second-order valence-electron chi connectivity index (χ2n) is 4.47. The van der Waals surface area contributed by atoms with Gasteiger partial charge >= 0.3 is 29.6 Å². The van der Waals surface area contributed by atoms with Crippen molar-refractivity contribution >= 4 is 52.1 Å². The quantitative estimate of drug-likeness (QED) is 0.360. The summed E-state index contributed by atoms with van der Waals surface area (Å²) in [6.45, 7) is 2.22. The van der Waals surface area contributed by atoms with Crippen LogP contribution in [0.3, 0.4) is 0 Å². The Morgan fingerprint density at radius 2 is 1.11 bits per heavy atom. The van der Waals surface area contributed by atoms with Gasteiger partial charge in [0.2, 0.25) is 0 Å². The fourth-order valence-corrected chi connectivity index (χ4v) is 2.34. The number of hydrogen-bond donors (Lipinski definition) is 1. The molecule has 108 valence electrons. The van der Waals surface area contributed by atoms with E-state index in [0.29, 0.717) is 6.42 Å². The molecule has 0 aliphatic carbocycles. The van der Waals surface area contributed by atoms with Crippen LogP contribution in [-0.4, -0.2) is 48.3 Å². The van der Waals surface area contributed by atoms with Crippen molar-refractivity contribution in [2.24, 2.45) is 0 Å². The van der Waals surface area contributed by atoms with Crippen LogP contribution in [0.4, 0.5) is 0 Å². The number of hydrogen-bond acceptors (Lipinski definition) is 2. The minimum absolute atomic E-state index is 0. The molecule has 0 aromatic carbocycles. The molecular weight excluding hydrogens is 283 g/mol. The van der Waals surface area contributed by atoms with Gasteiger partial charge in [-0.05, 0) is 6.42 Å². The van der Waals surface area contributed by atoms with Gasteiger partial charge in [0.1, 0.15) is 0 Å². The monoisotopic (exact) mass is 310 g/mol. The Kier molecular flexibility index (Phi) is 21.9. The predicted octanol–water partition coefficient (Wildman–Crippen LogP) is 3.57. The molecule has 3 nitrogen and oxygen atoms in total. The maximum atomic E-state index is 10.4. The third-order valence-electron chi connectivity index (χ3n) is 2.76. The van der Waals surface area contributed by atoms with Crippen LogP contribution in [0.5, 0.6) is 0 Å². The first-order chi connectivity index (χ1) is 7.56. The van der Waals surface area contributed by atoms with Crippen LogP contribution in [0.2, 0.25) is 0 Å². The van der Waals surface area contributed by atoms with Crippen molar-refractivity contribution in [3.05, 3.63) is 0 Å². The van der Waals surface area contributed by atoms with E-state index in [9.17, 15) is 8.42 Å². The molecule has 0 atom stereocenters. The Morgan fingerprint density at radius 3 is 1.44 bits per heavy atom. The molecule has 0 rings (SSSR count). The second-order valence-corrected chi connectivity index (χ2v) is 6.04. The molecule has 0 spiro atoms. The van der Waals surface area contributed by atoms with Gasteiger partial charge in [0.05, 0.1) is 5.75 Å². The van der Waals surface area contributed by atoms with Gasteiger partial charge < -0.3 is 0 Å². The number of halogens is 1. The van der Waals surface area contributed by atoms with Crippen molar-refractivity contribution in [2.45, 2.75) is 71.1 Å². The molecule has 0 radical (unpaired) electrons. The van der Waals surface area contributed by atoms with Crippen molar-refractivity contribution in [2.75, 3.05) is 5.75 Å². The molecule has 1 N–H and O–H groups in total. The third kappa shape index (κ3) is 22.4. The van der Waals surface area contributed by atoms with E-state index in [-0.39, 0.29) is 47.7 Å². The molecular formula is C12H28ClNaO3S. The van der Waals surface area contributed by atoms with Crippen molar-refractivity contribution < 1.29 is 13.0 Å². The van der Waals surface area contributed by atoms with E-state index in [1.807, 2.05) is 0 Å². The van der Waals surface area contributed by atoms with E-state index in [1.165, 1.54) is 44.9 Å². The van der Waals surface area contributed by atoms with Crippen LogP contribution in [-0.2, 0) is 10.1 Å². The van der Waals surface area contributed by atoms with Gasteiger partial charge in [-0.25, -0.2) is 0 Å². The van der Waals surface area contributed by atoms with Crippen molar-refractivity contribution in [3.63, 3.8) is 0 Å². The molecule has 0 aliphatic rings. The van der Waals surface area contributed by atoms with E-state index >= 15 is 0 Å². The van der Waals surface area contributed by atoms with Crippen LogP contribution < -0.4 is 0 Å². The first-order valence-corrected chi connectivity index (χ1v) is 8.12. The molecule has 0 heterocycles. The van der Waals surface area contributed by atoms with Crippen LogP contribution in [0, 0.1) is 0 Å². The van der Waals surface area contributed by atoms with Gasteiger partial charge in [0.25, 0.3) is 10.1 Å². The van der Waals surface area contributed by atoms with Gasteiger partial charge in [-0.1, -0.05) is 64.7 Å². The summed E-state index contributed by atoms with van der Waals surface area (Å²) in [6, 6.07) is 0. The first kappa shape index (κ1) is 24.2. The van der Waals surface area contributed by atoms with Gasteiger partial charge in [-0.3, -0.25) is 4.55 Å². The summed E-state index contributed by atoms with van der Waals surface area (Å²) < 4.78 is 29.4. The fraction of sp³-hybridized carbons (Fsp3) is 1.00. The molecule has 0 amide bonds. The summed E-state index contributed by atoms with van der Waals surface area (Å²) in [4.78, 5) is 0. The van der Waals surface area contributed by atoms with E-state index in [1.54, 1.807) is 0 Å². The fourth-order valence-electron chi connectivity index (χ4n) is 1.77. The molecule has 0 fully saturated rings. The molecule has 0 aliphatic heterocycles. The van der Waals surface area contributed by atoms with Crippen LogP contribution >= 0.6 is 12.4 Å². The summed E-state index contributed by atoms with van der Waals surface area (Å²) in [6.07, 6.45) is 11.7. The Labute approximate surface area is 141 Å². The Bertz CT molecular complexity index is 246. The van der Waals surface area contributed by atoms with Crippen LogP contribution in [0.25, 0.3) is 0 Å². The molecule has 0 saturated heterocycles. The van der Waals surface area contributed by atoms with Crippen LogP contribution in [0.15, 0.2) is 0 Å². The van der Waals surface area contributed by atoms with Crippen LogP contribution in [0.1, 0.15) is 71.1 Å². The average Bonchev–Trinajstić information content (AvgIpc) is 2.19. The Morgan fingerprint density at radius 1 is 0.778 bits per heavy atom. The Balaban J connectivity index is -0.00000112. The zero-order chi connectivity index (χ0) is 12.3. The van der Waals surface area contributed by atoms with Crippen molar-refractivity contribution in [1.29, 1.82) is 0 Å². The zero-order valence-electron chi connectivity index (χ0n) is 10.9. The average molecular weight is 311 g/mol. The van der Waals surface area contributed by atoms with Gasteiger partial charge in [0.15, 0.2) is 0 Å². The minimum atomic E-state index is -3.73. The first-order valence-electron chi connectivity index (χ1n) is 6.51. The molecule has 0 bridgehead atoms. The second kappa shape index (κ2) is 16.3. The van der Waals surface area contributed by atoms with Crippen molar-refractivity contribution in [3.8, 4) is 0 Å². The Hall–Kier alpha value is 1.20. The standard InChI is InChI=1S/C12H26O3S.ClH.Na.H/c1-2-3-4-5-6-7-8-9-10-11-12-16(13,14)15;;;/h2-12H2,1H3,(H,13,14,15);1H;;. The summed E-state index contributed by atoms with van der Waals surface area (Å²) in [5.41, 5.74) is 0. The van der Waals surface area contributed by atoms with E-state index in [0.717, 1.165) is 12.8 Å². The normalized spacial score (nSPS) is 10.6. The zero-order valence-corrected chi connectivity index (χ0v) is 12.5. The van der Waals surface area contributed by atoms with E-state index < -0.39 is 10.1 Å². The molecule has 0 aromatic rings. The molecule has 6 heteroatoms. The summed E-state index contributed by atoms with van der Waals surface area (Å²) in [5.74, 6) is -0.0799. The number of rotatable bonds is 11. The van der Waals surface area contributed by atoms with Gasteiger partial charge in [0, 0.05) is 0 Å². The third-order valence-corrected chi connectivity index (χ3v) is 3.56. The topological polar surface area (TPSA) is 54.4 Å². The van der Waals surface area contributed by atoms with E-state index in [4.69, 9.17) is 4.55 Å². The molecule has 0 saturated carbocycles. The number of unbranched alkanes of at least 4 members (excludes halogenated alkanes) is 9. The van der Waals surface area contributed by atoms with Gasteiger partial charge in [-0.15, -0.1) is 12.4 Å². The molecule has 0 aromatic heterocycles. The van der Waals surface area contributed by atoms with E-state index in [2.05, 4.69) is 6.92 Å². The molecule has 0 unspecified atom stereocenters. The predicted molar refractivity (Wildman–Crippen MR) is 82.7 cm³/mol. The maximum absolute atomic E-state index is 10.4.